The lowest BCUT2D eigenvalue weighted by Gasteiger charge is -2.30. The molecule has 0 unspecified atom stereocenters. The highest BCUT2D eigenvalue weighted by molar-refractivity contribution is 9.10. The largest absolute Gasteiger partial charge is 0.474 e. The number of rotatable bonds is 8. The summed E-state index contributed by atoms with van der Waals surface area (Å²) in [5.41, 5.74) is 0.938. The molecule has 0 aromatic carbocycles. The van der Waals surface area contributed by atoms with Gasteiger partial charge >= 0.3 is 0 Å². The van der Waals surface area contributed by atoms with Crippen LogP contribution in [0.25, 0.3) is 0 Å². The minimum absolute atomic E-state index is 0.0507. The van der Waals surface area contributed by atoms with Crippen molar-refractivity contribution in [2.75, 3.05) is 31.3 Å². The molecule has 2 N–H and O–H groups in total. The van der Waals surface area contributed by atoms with Crippen molar-refractivity contribution in [2.24, 2.45) is 5.92 Å². The monoisotopic (exact) mass is 548 g/mol. The van der Waals surface area contributed by atoms with Crippen molar-refractivity contribution in [2.45, 2.75) is 50.7 Å². The number of hydrogen-bond acceptors (Lipinski definition) is 7. The first-order valence-electron chi connectivity index (χ1n) is 11.9. The standard InChI is InChI=1S/C24H29BrN4O4S/c25-16-10-20-24(26-11-16)33-8-7-29(20)12-18-5-6-21(34-18)23(31)28-19(9-15-3-1-2-4-15)22(30)27-17-13-32-14-17/h5-6,10-11,15,17,19H,1-4,7-9,12-14H2,(H,27,30)(H,28,31)/t19-/m0/s1. The molecule has 1 aliphatic carbocycles. The van der Waals surface area contributed by atoms with E-state index in [0.29, 0.717) is 49.5 Å². The summed E-state index contributed by atoms with van der Waals surface area (Å²) in [6.45, 7) is 3.07. The Kier molecular flexibility index (Phi) is 7.36. The lowest BCUT2D eigenvalue weighted by atomic mass is 9.97. The van der Waals surface area contributed by atoms with Crippen molar-refractivity contribution in [1.82, 2.24) is 15.6 Å². The Balaban J connectivity index is 1.24. The Morgan fingerprint density at radius 3 is 2.85 bits per heavy atom. The quantitative estimate of drug-likeness (QED) is 0.524. The van der Waals surface area contributed by atoms with Crippen LogP contribution >= 0.6 is 27.3 Å². The zero-order valence-electron chi connectivity index (χ0n) is 18.9. The van der Waals surface area contributed by atoms with Gasteiger partial charge < -0.3 is 25.0 Å². The van der Waals surface area contributed by atoms with E-state index in [2.05, 4.69) is 36.4 Å². The molecule has 5 rings (SSSR count). The number of nitrogens with one attached hydrogen (secondary N) is 2. The van der Waals surface area contributed by atoms with Gasteiger partial charge in [-0.15, -0.1) is 11.3 Å². The Bertz CT molecular complexity index is 1040. The van der Waals surface area contributed by atoms with Crippen molar-refractivity contribution in [3.05, 3.63) is 38.6 Å². The molecule has 1 atom stereocenters. The molecule has 1 saturated heterocycles. The molecule has 8 nitrogen and oxygen atoms in total. The Labute approximate surface area is 211 Å². The number of amides is 2. The molecule has 3 aliphatic rings. The van der Waals surface area contributed by atoms with Crippen LogP contribution in [0, 0.1) is 5.92 Å². The molecule has 182 valence electrons. The van der Waals surface area contributed by atoms with Crippen molar-refractivity contribution in [1.29, 1.82) is 0 Å². The molecular weight excluding hydrogens is 520 g/mol. The summed E-state index contributed by atoms with van der Waals surface area (Å²) in [6.07, 6.45) is 7.08. The van der Waals surface area contributed by atoms with Crippen LogP contribution in [0.5, 0.6) is 5.88 Å². The van der Waals surface area contributed by atoms with Crippen LogP contribution in [0.4, 0.5) is 5.69 Å². The summed E-state index contributed by atoms with van der Waals surface area (Å²) in [6, 6.07) is 5.37. The van der Waals surface area contributed by atoms with Gasteiger partial charge in [0.2, 0.25) is 11.8 Å². The first kappa shape index (κ1) is 23.6. The SMILES string of the molecule is O=C(N[C@@H](CC1CCCC1)C(=O)NC1COC1)c1ccc(CN2CCOc3ncc(Br)cc32)s1. The fourth-order valence-corrected chi connectivity index (χ4v) is 5.97. The number of carbonyl (C=O) groups is 2. The second-order valence-corrected chi connectivity index (χ2v) is 11.3. The van der Waals surface area contributed by atoms with E-state index in [4.69, 9.17) is 9.47 Å². The number of hydrogen-bond donors (Lipinski definition) is 2. The van der Waals surface area contributed by atoms with Gasteiger partial charge in [0.1, 0.15) is 18.3 Å². The zero-order chi connectivity index (χ0) is 23.5. The number of nitrogens with zero attached hydrogens (tertiary/aromatic N) is 2. The predicted octanol–water partition coefficient (Wildman–Crippen LogP) is 3.50. The molecule has 2 aliphatic heterocycles. The highest BCUT2D eigenvalue weighted by atomic mass is 79.9. The number of thiophene rings is 1. The molecule has 10 heteroatoms. The van der Waals surface area contributed by atoms with Gasteiger partial charge in [0.25, 0.3) is 5.91 Å². The number of fused-ring (bicyclic) bond motifs is 1. The highest BCUT2D eigenvalue weighted by Gasteiger charge is 2.30. The van der Waals surface area contributed by atoms with E-state index in [-0.39, 0.29) is 17.9 Å². The van der Waals surface area contributed by atoms with Crippen molar-refractivity contribution >= 4 is 44.8 Å². The van der Waals surface area contributed by atoms with Gasteiger partial charge in [-0.05, 0) is 46.5 Å². The molecule has 2 aromatic rings. The van der Waals surface area contributed by atoms with Crippen LogP contribution in [0.1, 0.15) is 46.7 Å². The molecule has 0 spiro atoms. The molecule has 0 bridgehead atoms. The average molecular weight is 549 g/mol. The van der Waals surface area contributed by atoms with Crippen LogP contribution in [-0.2, 0) is 16.1 Å². The first-order valence-corrected chi connectivity index (χ1v) is 13.5. The lowest BCUT2D eigenvalue weighted by molar-refractivity contribution is -0.127. The maximum Gasteiger partial charge on any atom is 0.262 e. The van der Waals surface area contributed by atoms with E-state index in [1.54, 1.807) is 6.20 Å². The molecule has 34 heavy (non-hydrogen) atoms. The lowest BCUT2D eigenvalue weighted by Crippen LogP contribution is -2.55. The highest BCUT2D eigenvalue weighted by Crippen LogP contribution is 2.34. The summed E-state index contributed by atoms with van der Waals surface area (Å²) in [5, 5.41) is 6.04. The Morgan fingerprint density at radius 1 is 1.26 bits per heavy atom. The fourth-order valence-electron chi connectivity index (χ4n) is 4.73. The summed E-state index contributed by atoms with van der Waals surface area (Å²) >= 11 is 4.94. The van der Waals surface area contributed by atoms with Gasteiger partial charge in [0, 0.05) is 15.5 Å². The second kappa shape index (κ2) is 10.6. The van der Waals surface area contributed by atoms with Crippen LogP contribution in [0.15, 0.2) is 28.9 Å². The van der Waals surface area contributed by atoms with Crippen LogP contribution < -0.4 is 20.3 Å². The summed E-state index contributed by atoms with van der Waals surface area (Å²) in [7, 11) is 0. The summed E-state index contributed by atoms with van der Waals surface area (Å²) < 4.78 is 11.7. The molecule has 1 saturated carbocycles. The van der Waals surface area contributed by atoms with E-state index >= 15 is 0 Å². The number of ether oxygens (including phenoxy) is 2. The van der Waals surface area contributed by atoms with E-state index < -0.39 is 6.04 Å². The maximum atomic E-state index is 13.1. The number of aromatic nitrogens is 1. The van der Waals surface area contributed by atoms with E-state index in [1.165, 1.54) is 24.2 Å². The molecule has 2 amide bonds. The molecule has 0 radical (unpaired) electrons. The van der Waals surface area contributed by atoms with E-state index in [9.17, 15) is 9.59 Å². The number of anilines is 1. The second-order valence-electron chi connectivity index (χ2n) is 9.17. The molecule has 2 aromatic heterocycles. The van der Waals surface area contributed by atoms with Crippen LogP contribution in [0.3, 0.4) is 0 Å². The van der Waals surface area contributed by atoms with Crippen LogP contribution in [0.2, 0.25) is 0 Å². The third-order valence-corrected chi connectivity index (χ3v) is 8.12. The maximum absolute atomic E-state index is 13.1. The van der Waals surface area contributed by atoms with Gasteiger partial charge in [-0.2, -0.15) is 0 Å². The summed E-state index contributed by atoms with van der Waals surface area (Å²) in [5.74, 6) is 0.822. The fraction of sp³-hybridized carbons (Fsp3) is 0.542. The van der Waals surface area contributed by atoms with Crippen molar-refractivity contribution in [3.8, 4) is 5.88 Å². The normalized spacial score (nSPS) is 19.1. The van der Waals surface area contributed by atoms with Crippen LogP contribution in [-0.4, -0.2) is 55.2 Å². The average Bonchev–Trinajstić information content (AvgIpc) is 3.48. The van der Waals surface area contributed by atoms with Gasteiger partial charge in [-0.1, -0.05) is 25.7 Å². The number of halogens is 1. The van der Waals surface area contributed by atoms with Crippen molar-refractivity contribution in [3.63, 3.8) is 0 Å². The first-order chi connectivity index (χ1) is 16.5. The minimum atomic E-state index is -0.517. The number of pyridine rings is 1. The van der Waals surface area contributed by atoms with Gasteiger partial charge in [0.05, 0.1) is 37.2 Å². The smallest absolute Gasteiger partial charge is 0.262 e. The molecular formula is C24H29BrN4O4S. The number of carbonyl (C=O) groups excluding carboxylic acids is 2. The third kappa shape index (κ3) is 5.55. The van der Waals surface area contributed by atoms with Crippen molar-refractivity contribution < 1.29 is 19.1 Å². The third-order valence-electron chi connectivity index (χ3n) is 6.62. The Morgan fingerprint density at radius 2 is 2.09 bits per heavy atom. The topological polar surface area (TPSA) is 92.8 Å². The zero-order valence-corrected chi connectivity index (χ0v) is 21.3. The minimum Gasteiger partial charge on any atom is -0.474 e. The van der Waals surface area contributed by atoms with E-state index in [0.717, 1.165) is 34.4 Å². The Hall–Kier alpha value is -2.17. The van der Waals surface area contributed by atoms with Gasteiger partial charge in [-0.3, -0.25) is 9.59 Å². The predicted molar refractivity (Wildman–Crippen MR) is 133 cm³/mol. The summed E-state index contributed by atoms with van der Waals surface area (Å²) in [4.78, 5) is 34.2. The van der Waals surface area contributed by atoms with Gasteiger partial charge in [0.15, 0.2) is 0 Å². The molecule has 4 heterocycles. The van der Waals surface area contributed by atoms with E-state index in [1.807, 2.05) is 18.2 Å². The molecule has 2 fully saturated rings. The van der Waals surface area contributed by atoms with Gasteiger partial charge in [-0.25, -0.2) is 4.98 Å².